The third kappa shape index (κ3) is 6.27. The van der Waals surface area contributed by atoms with Crippen LogP contribution in [0, 0.1) is 0 Å². The van der Waals surface area contributed by atoms with Crippen molar-refractivity contribution in [2.45, 2.75) is 6.42 Å². The maximum absolute atomic E-state index is 5.85. The fourth-order valence-electron chi connectivity index (χ4n) is 1.36. The van der Waals surface area contributed by atoms with Gasteiger partial charge in [0, 0.05) is 18.6 Å². The van der Waals surface area contributed by atoms with Crippen LogP contribution >= 0.6 is 27.5 Å². The minimum atomic E-state index is 0.688. The van der Waals surface area contributed by atoms with Gasteiger partial charge in [-0.2, -0.15) is 0 Å². The molecule has 2 N–H and O–H groups in total. The molecule has 0 atom stereocenters. The van der Waals surface area contributed by atoms with Gasteiger partial charge in [-0.3, -0.25) is 0 Å². The Morgan fingerprint density at radius 1 is 1.29 bits per heavy atom. The summed E-state index contributed by atoms with van der Waals surface area (Å²) in [6.45, 7) is 3.52. The lowest BCUT2D eigenvalue weighted by molar-refractivity contribution is -0.655. The molecule has 0 heterocycles. The van der Waals surface area contributed by atoms with E-state index in [0.29, 0.717) is 11.6 Å². The van der Waals surface area contributed by atoms with E-state index in [-0.39, 0.29) is 0 Å². The van der Waals surface area contributed by atoms with Crippen molar-refractivity contribution in [3.63, 3.8) is 0 Å². The first kappa shape index (κ1) is 14.8. The van der Waals surface area contributed by atoms with E-state index >= 15 is 0 Å². The van der Waals surface area contributed by atoms with Gasteiger partial charge in [0.1, 0.15) is 18.9 Å². The highest BCUT2D eigenvalue weighted by Gasteiger charge is 2.01. The van der Waals surface area contributed by atoms with Crippen molar-refractivity contribution in [1.82, 2.24) is 0 Å². The summed E-state index contributed by atoms with van der Waals surface area (Å²) in [7, 11) is 1.72. The van der Waals surface area contributed by atoms with Crippen molar-refractivity contribution in [3.8, 4) is 5.75 Å². The van der Waals surface area contributed by atoms with Gasteiger partial charge in [-0.25, -0.2) is 0 Å². The molecule has 1 aromatic carbocycles. The summed E-state index contributed by atoms with van der Waals surface area (Å²) in [5.41, 5.74) is 0. The van der Waals surface area contributed by atoms with Gasteiger partial charge < -0.3 is 14.8 Å². The van der Waals surface area contributed by atoms with Gasteiger partial charge in [0.15, 0.2) is 0 Å². The molecule has 0 aliphatic carbocycles. The smallest absolute Gasteiger partial charge is 0.137 e. The molecule has 0 aromatic heterocycles. The van der Waals surface area contributed by atoms with E-state index in [4.69, 9.17) is 21.1 Å². The van der Waals surface area contributed by atoms with Crippen molar-refractivity contribution >= 4 is 27.5 Å². The molecule has 3 nitrogen and oxygen atoms in total. The molecule has 5 heteroatoms. The number of methoxy groups -OCH3 is 1. The minimum Gasteiger partial charge on any atom is -0.487 e. The lowest BCUT2D eigenvalue weighted by Gasteiger charge is -2.07. The average Bonchev–Trinajstić information content (AvgIpc) is 2.30. The predicted octanol–water partition coefficient (Wildman–Crippen LogP) is 2.08. The molecular formula is C12H18BrClNO2+. The number of benzene rings is 1. The van der Waals surface area contributed by atoms with Crippen LogP contribution < -0.4 is 10.1 Å². The Hall–Kier alpha value is -0.290. The van der Waals surface area contributed by atoms with Gasteiger partial charge in [-0.15, -0.1) is 0 Å². The van der Waals surface area contributed by atoms with Crippen LogP contribution in [0.5, 0.6) is 5.75 Å². The van der Waals surface area contributed by atoms with E-state index in [1.807, 2.05) is 18.2 Å². The van der Waals surface area contributed by atoms with Gasteiger partial charge >= 0.3 is 0 Å². The molecule has 96 valence electrons. The van der Waals surface area contributed by atoms with Crippen LogP contribution in [0.1, 0.15) is 6.42 Å². The maximum Gasteiger partial charge on any atom is 0.137 e. The zero-order chi connectivity index (χ0) is 12.5. The molecule has 0 saturated carbocycles. The van der Waals surface area contributed by atoms with Crippen LogP contribution in [0.3, 0.4) is 0 Å². The van der Waals surface area contributed by atoms with Crippen molar-refractivity contribution in [2.24, 2.45) is 0 Å². The molecule has 0 bridgehead atoms. The summed E-state index contributed by atoms with van der Waals surface area (Å²) >= 11 is 9.26. The van der Waals surface area contributed by atoms with Crippen molar-refractivity contribution < 1.29 is 14.8 Å². The Balaban J connectivity index is 2.14. The van der Waals surface area contributed by atoms with Crippen molar-refractivity contribution in [3.05, 3.63) is 27.7 Å². The van der Waals surface area contributed by atoms with Crippen LogP contribution in [-0.4, -0.2) is 33.4 Å². The first-order valence-corrected chi connectivity index (χ1v) is 6.79. The normalized spacial score (nSPS) is 10.5. The number of rotatable bonds is 8. The standard InChI is InChI=1S/C12H17BrClNO2/c1-16-7-2-5-15-6-8-17-12-4-3-10(14)9-11(12)13/h3-4,9,15H,2,5-8H2,1H3/p+1. The first-order chi connectivity index (χ1) is 8.24. The van der Waals surface area contributed by atoms with Crippen LogP contribution in [-0.2, 0) is 4.74 Å². The Morgan fingerprint density at radius 3 is 2.82 bits per heavy atom. The molecule has 1 rings (SSSR count). The van der Waals surface area contributed by atoms with E-state index in [1.165, 1.54) is 0 Å². The first-order valence-electron chi connectivity index (χ1n) is 5.62. The van der Waals surface area contributed by atoms with Gasteiger partial charge in [0.2, 0.25) is 0 Å². The summed E-state index contributed by atoms with van der Waals surface area (Å²) in [6, 6.07) is 5.53. The third-order valence-corrected chi connectivity index (χ3v) is 3.08. The van der Waals surface area contributed by atoms with Crippen LogP contribution in [0.25, 0.3) is 0 Å². The number of ether oxygens (including phenoxy) is 2. The van der Waals surface area contributed by atoms with Crippen LogP contribution in [0.2, 0.25) is 5.02 Å². The molecule has 0 fully saturated rings. The quantitative estimate of drug-likeness (QED) is 0.744. The molecule has 0 spiro atoms. The van der Waals surface area contributed by atoms with Crippen LogP contribution in [0.4, 0.5) is 0 Å². The fraction of sp³-hybridized carbons (Fsp3) is 0.500. The van der Waals surface area contributed by atoms with E-state index in [2.05, 4.69) is 21.2 Å². The second-order valence-electron chi connectivity index (χ2n) is 3.64. The number of hydrogen-bond acceptors (Lipinski definition) is 2. The molecule has 0 saturated heterocycles. The molecule has 17 heavy (non-hydrogen) atoms. The van der Waals surface area contributed by atoms with E-state index in [0.717, 1.165) is 36.3 Å². The summed E-state index contributed by atoms with van der Waals surface area (Å²) in [5, 5.41) is 2.93. The topological polar surface area (TPSA) is 35.1 Å². The number of nitrogens with two attached hydrogens (primary N) is 1. The van der Waals surface area contributed by atoms with Crippen LogP contribution in [0.15, 0.2) is 22.7 Å². The summed E-state index contributed by atoms with van der Waals surface area (Å²) in [6.07, 6.45) is 1.07. The maximum atomic E-state index is 5.85. The lowest BCUT2D eigenvalue weighted by atomic mass is 10.3. The highest BCUT2D eigenvalue weighted by molar-refractivity contribution is 9.10. The molecular weight excluding hydrogens is 305 g/mol. The molecule has 0 unspecified atom stereocenters. The molecule has 0 aliphatic rings. The summed E-state index contributed by atoms with van der Waals surface area (Å²) in [5.74, 6) is 0.833. The largest absolute Gasteiger partial charge is 0.487 e. The Bertz CT molecular complexity index is 336. The van der Waals surface area contributed by atoms with E-state index in [1.54, 1.807) is 7.11 Å². The Morgan fingerprint density at radius 2 is 2.12 bits per heavy atom. The second kappa shape index (κ2) is 8.75. The number of halogens is 2. The highest BCUT2D eigenvalue weighted by atomic mass is 79.9. The monoisotopic (exact) mass is 322 g/mol. The number of quaternary nitrogens is 1. The molecule has 0 aliphatic heterocycles. The number of hydrogen-bond donors (Lipinski definition) is 1. The SMILES string of the molecule is COCCC[NH2+]CCOc1ccc(Cl)cc1Br. The van der Waals surface area contributed by atoms with Gasteiger partial charge in [-0.1, -0.05) is 11.6 Å². The average molecular weight is 324 g/mol. The van der Waals surface area contributed by atoms with E-state index in [9.17, 15) is 0 Å². The Kier molecular flexibility index (Phi) is 7.60. The van der Waals surface area contributed by atoms with E-state index < -0.39 is 0 Å². The Labute approximate surface area is 116 Å². The predicted molar refractivity (Wildman–Crippen MR) is 72.8 cm³/mol. The zero-order valence-electron chi connectivity index (χ0n) is 9.92. The van der Waals surface area contributed by atoms with Gasteiger partial charge in [0.05, 0.1) is 17.6 Å². The molecule has 1 aromatic rings. The zero-order valence-corrected chi connectivity index (χ0v) is 12.3. The van der Waals surface area contributed by atoms with Gasteiger partial charge in [-0.05, 0) is 34.1 Å². The lowest BCUT2D eigenvalue weighted by Crippen LogP contribution is -2.85. The summed E-state index contributed by atoms with van der Waals surface area (Å²) < 4.78 is 11.5. The third-order valence-electron chi connectivity index (χ3n) is 2.23. The van der Waals surface area contributed by atoms with Crippen molar-refractivity contribution in [2.75, 3.05) is 33.4 Å². The van der Waals surface area contributed by atoms with Crippen molar-refractivity contribution in [1.29, 1.82) is 0 Å². The second-order valence-corrected chi connectivity index (χ2v) is 4.93. The molecule has 0 amide bonds. The minimum absolute atomic E-state index is 0.688. The fourth-order valence-corrected chi connectivity index (χ4v) is 2.16. The van der Waals surface area contributed by atoms with Gasteiger partial charge in [0.25, 0.3) is 0 Å². The highest BCUT2D eigenvalue weighted by Crippen LogP contribution is 2.27. The summed E-state index contributed by atoms with van der Waals surface area (Å²) in [4.78, 5) is 0. The molecule has 0 radical (unpaired) electrons.